The molecule has 1 heterocycles. The van der Waals surface area contributed by atoms with Crippen LogP contribution in [0, 0.1) is 33.6 Å². The molecule has 6 heteroatoms. The van der Waals surface area contributed by atoms with Gasteiger partial charge in [-0.3, -0.25) is 4.79 Å². The maximum atomic E-state index is 12.9. The third-order valence-corrected chi connectivity index (χ3v) is 8.26. The van der Waals surface area contributed by atoms with Gasteiger partial charge in [0.1, 0.15) is 0 Å². The number of hydrogen-bond donors (Lipinski definition) is 1. The maximum Gasteiger partial charge on any atom is 0.243 e. The van der Waals surface area contributed by atoms with Gasteiger partial charge in [-0.1, -0.05) is 29.8 Å². The highest BCUT2D eigenvalue weighted by Gasteiger charge is 2.32. The fourth-order valence-corrected chi connectivity index (χ4v) is 5.70. The third kappa shape index (κ3) is 5.74. The molecule has 168 valence electrons. The minimum absolute atomic E-state index is 0.0452. The Balaban J connectivity index is 1.46. The number of benzene rings is 2. The number of amides is 1. The molecule has 1 amide bonds. The molecule has 2 aromatic rings. The lowest BCUT2D eigenvalue weighted by Gasteiger charge is -2.30. The summed E-state index contributed by atoms with van der Waals surface area (Å²) in [6, 6.07) is 11.7. The van der Waals surface area contributed by atoms with Gasteiger partial charge in [-0.05, 0) is 87.8 Å². The molecular weight excluding hydrogens is 408 g/mol. The number of rotatable bonds is 7. The predicted molar refractivity (Wildman–Crippen MR) is 125 cm³/mol. The highest BCUT2D eigenvalue weighted by Crippen LogP contribution is 2.25. The van der Waals surface area contributed by atoms with Gasteiger partial charge in [0, 0.05) is 25.6 Å². The number of carbonyl (C=O) groups is 1. The van der Waals surface area contributed by atoms with E-state index < -0.39 is 10.0 Å². The van der Waals surface area contributed by atoms with Crippen molar-refractivity contribution >= 4 is 15.9 Å². The Morgan fingerprint density at radius 3 is 2.32 bits per heavy atom. The molecule has 1 fully saturated rings. The van der Waals surface area contributed by atoms with Crippen LogP contribution in [0.15, 0.2) is 41.3 Å². The van der Waals surface area contributed by atoms with E-state index in [1.807, 2.05) is 19.9 Å². The Bertz CT molecular complexity index is 1040. The van der Waals surface area contributed by atoms with E-state index in [1.165, 1.54) is 21.0 Å². The van der Waals surface area contributed by atoms with Gasteiger partial charge in [-0.15, -0.1) is 0 Å². The first kappa shape index (κ1) is 23.5. The highest BCUT2D eigenvalue weighted by atomic mass is 32.2. The lowest BCUT2D eigenvalue weighted by molar-refractivity contribution is -0.126. The largest absolute Gasteiger partial charge is 0.356 e. The van der Waals surface area contributed by atoms with Crippen molar-refractivity contribution in [3.05, 3.63) is 64.2 Å². The number of hydrogen-bond acceptors (Lipinski definition) is 3. The van der Waals surface area contributed by atoms with Gasteiger partial charge in [-0.2, -0.15) is 4.31 Å². The molecule has 1 aliphatic rings. The van der Waals surface area contributed by atoms with Crippen molar-refractivity contribution < 1.29 is 13.2 Å². The molecule has 0 saturated carbocycles. The molecule has 1 N–H and O–H groups in total. The summed E-state index contributed by atoms with van der Waals surface area (Å²) < 4.78 is 27.4. The van der Waals surface area contributed by atoms with Crippen molar-refractivity contribution in [2.45, 2.75) is 58.3 Å². The average Bonchev–Trinajstić information content (AvgIpc) is 2.74. The number of carbonyl (C=O) groups excluding carboxylic acids is 1. The van der Waals surface area contributed by atoms with E-state index in [1.54, 1.807) is 12.1 Å². The Kier molecular flexibility index (Phi) is 7.55. The summed E-state index contributed by atoms with van der Waals surface area (Å²) in [6.45, 7) is 9.53. The first-order valence-corrected chi connectivity index (χ1v) is 12.5. The number of nitrogens with zero attached hydrogens (tertiary/aromatic N) is 1. The molecule has 0 aliphatic carbocycles. The van der Waals surface area contributed by atoms with Crippen molar-refractivity contribution in [3.63, 3.8) is 0 Å². The summed E-state index contributed by atoms with van der Waals surface area (Å²) in [4.78, 5) is 12.9. The third-order valence-electron chi connectivity index (χ3n) is 6.36. The van der Waals surface area contributed by atoms with E-state index in [9.17, 15) is 13.2 Å². The number of nitrogens with one attached hydrogen (secondary N) is 1. The number of sulfonamides is 1. The van der Waals surface area contributed by atoms with Crippen LogP contribution in [-0.2, 0) is 21.2 Å². The summed E-state index contributed by atoms with van der Waals surface area (Å²) in [6.07, 6.45) is 2.97. The predicted octanol–water partition coefficient (Wildman–Crippen LogP) is 4.07. The van der Waals surface area contributed by atoms with Crippen LogP contribution in [0.2, 0.25) is 0 Å². The van der Waals surface area contributed by atoms with Gasteiger partial charge in [0.25, 0.3) is 0 Å². The van der Waals surface area contributed by atoms with Crippen LogP contribution in [0.3, 0.4) is 0 Å². The van der Waals surface area contributed by atoms with Gasteiger partial charge < -0.3 is 5.32 Å². The van der Waals surface area contributed by atoms with Crippen molar-refractivity contribution in [2.75, 3.05) is 19.6 Å². The summed E-state index contributed by atoms with van der Waals surface area (Å²) in [7, 11) is -3.51. The quantitative estimate of drug-likeness (QED) is 0.658. The molecule has 0 atom stereocenters. The first-order valence-electron chi connectivity index (χ1n) is 11.1. The van der Waals surface area contributed by atoms with Crippen LogP contribution in [0.5, 0.6) is 0 Å². The van der Waals surface area contributed by atoms with E-state index >= 15 is 0 Å². The minimum Gasteiger partial charge on any atom is -0.356 e. The van der Waals surface area contributed by atoms with Gasteiger partial charge >= 0.3 is 0 Å². The van der Waals surface area contributed by atoms with Crippen molar-refractivity contribution in [1.82, 2.24) is 9.62 Å². The standard InChI is InChI=1S/C25H34N2O3S/c1-18-7-9-22(21(4)16-18)6-5-13-26-25(28)23-11-14-27(15-12-23)31(29,30)24-10-8-19(2)20(3)17-24/h7-10,16-17,23H,5-6,11-15H2,1-4H3,(H,26,28). The fourth-order valence-electron chi connectivity index (χ4n) is 4.14. The van der Waals surface area contributed by atoms with Crippen LogP contribution in [-0.4, -0.2) is 38.3 Å². The Morgan fingerprint density at radius 1 is 0.968 bits per heavy atom. The van der Waals surface area contributed by atoms with Gasteiger partial charge in [0.2, 0.25) is 15.9 Å². The van der Waals surface area contributed by atoms with Gasteiger partial charge in [0.15, 0.2) is 0 Å². The Morgan fingerprint density at radius 2 is 1.68 bits per heavy atom. The summed E-state index contributed by atoms with van der Waals surface area (Å²) in [5, 5.41) is 3.05. The molecule has 0 radical (unpaired) electrons. The maximum absolute atomic E-state index is 12.9. The summed E-state index contributed by atoms with van der Waals surface area (Å²) in [5.41, 5.74) is 5.93. The van der Waals surface area contributed by atoms with E-state index in [0.717, 1.165) is 24.0 Å². The van der Waals surface area contributed by atoms with Crippen molar-refractivity contribution in [1.29, 1.82) is 0 Å². The first-order chi connectivity index (χ1) is 14.7. The molecule has 31 heavy (non-hydrogen) atoms. The highest BCUT2D eigenvalue weighted by molar-refractivity contribution is 7.89. The second-order valence-corrected chi connectivity index (χ2v) is 10.7. The normalized spacial score (nSPS) is 15.7. The Hall–Kier alpha value is -2.18. The molecule has 2 aromatic carbocycles. The lowest BCUT2D eigenvalue weighted by Crippen LogP contribution is -2.43. The molecule has 1 aliphatic heterocycles. The summed E-state index contributed by atoms with van der Waals surface area (Å²) in [5.74, 6) is -0.0730. The molecule has 0 aromatic heterocycles. The van der Waals surface area contributed by atoms with E-state index in [0.29, 0.717) is 37.4 Å². The SMILES string of the molecule is Cc1ccc(CCCNC(=O)C2CCN(S(=O)(=O)c3ccc(C)c(C)c3)CC2)c(C)c1. The molecule has 0 unspecified atom stereocenters. The van der Waals surface area contributed by atoms with Gasteiger partial charge in [0.05, 0.1) is 4.90 Å². The zero-order valence-electron chi connectivity index (χ0n) is 19.1. The minimum atomic E-state index is -3.51. The monoisotopic (exact) mass is 442 g/mol. The van der Waals surface area contributed by atoms with Gasteiger partial charge in [-0.25, -0.2) is 8.42 Å². The fraction of sp³-hybridized carbons (Fsp3) is 0.480. The van der Waals surface area contributed by atoms with Crippen molar-refractivity contribution in [3.8, 4) is 0 Å². The molecule has 0 bridgehead atoms. The van der Waals surface area contributed by atoms with Crippen LogP contribution < -0.4 is 5.32 Å². The zero-order valence-corrected chi connectivity index (χ0v) is 19.9. The zero-order chi connectivity index (χ0) is 22.6. The molecule has 3 rings (SSSR count). The van der Waals surface area contributed by atoms with Crippen LogP contribution >= 0.6 is 0 Å². The van der Waals surface area contributed by atoms with Crippen molar-refractivity contribution in [2.24, 2.45) is 5.92 Å². The second kappa shape index (κ2) is 9.96. The van der Waals surface area contributed by atoms with Crippen LogP contribution in [0.1, 0.15) is 47.1 Å². The average molecular weight is 443 g/mol. The molecular formula is C25H34N2O3S. The van der Waals surface area contributed by atoms with Crippen LogP contribution in [0.25, 0.3) is 0 Å². The lowest BCUT2D eigenvalue weighted by atomic mass is 9.97. The second-order valence-electron chi connectivity index (χ2n) is 8.75. The topological polar surface area (TPSA) is 66.5 Å². The Labute approximate surface area is 186 Å². The van der Waals surface area contributed by atoms with E-state index in [-0.39, 0.29) is 11.8 Å². The molecule has 5 nitrogen and oxygen atoms in total. The van der Waals surface area contributed by atoms with E-state index in [2.05, 4.69) is 37.4 Å². The summed E-state index contributed by atoms with van der Waals surface area (Å²) >= 11 is 0. The smallest absolute Gasteiger partial charge is 0.243 e. The number of aryl methyl sites for hydroxylation is 5. The molecule has 1 saturated heterocycles. The van der Waals surface area contributed by atoms with E-state index in [4.69, 9.17) is 0 Å². The van der Waals surface area contributed by atoms with Crippen LogP contribution in [0.4, 0.5) is 0 Å². The molecule has 0 spiro atoms. The number of piperidine rings is 1.